The maximum absolute atomic E-state index is 14.0. The van der Waals surface area contributed by atoms with Crippen LogP contribution in [0.15, 0.2) is 72.9 Å². The average molecular weight is 666 g/mol. The second-order valence-electron chi connectivity index (χ2n) is 13.0. The van der Waals surface area contributed by atoms with Gasteiger partial charge < -0.3 is 24.4 Å². The summed E-state index contributed by atoms with van der Waals surface area (Å²) in [5, 5.41) is 8.19. The quantitative estimate of drug-likeness (QED) is 0.191. The lowest BCUT2D eigenvalue weighted by Crippen LogP contribution is -2.39. The predicted octanol–water partition coefficient (Wildman–Crippen LogP) is 5.41. The summed E-state index contributed by atoms with van der Waals surface area (Å²) in [5.74, 6) is 0.706. The Morgan fingerprint density at radius 1 is 1.02 bits per heavy atom. The van der Waals surface area contributed by atoms with E-state index in [0.29, 0.717) is 49.7 Å². The van der Waals surface area contributed by atoms with Crippen molar-refractivity contribution in [1.29, 1.82) is 0 Å². The summed E-state index contributed by atoms with van der Waals surface area (Å²) in [7, 11) is 1.73. The molecule has 2 fully saturated rings. The topological polar surface area (TPSA) is 108 Å². The fraction of sp³-hybridized carbons (Fsp3) is 0.436. The smallest absolute Gasteiger partial charge is 0.257 e. The van der Waals surface area contributed by atoms with Gasteiger partial charge in [-0.05, 0) is 61.9 Å². The lowest BCUT2D eigenvalue weighted by Gasteiger charge is -2.23. The Morgan fingerprint density at radius 2 is 1.76 bits per heavy atom. The largest absolute Gasteiger partial charge is 0.477 e. The molecular weight excluding hydrogens is 618 g/mol. The Hall–Kier alpha value is -4.38. The number of hydrogen-bond acceptors (Lipinski definition) is 8. The third kappa shape index (κ3) is 8.26. The van der Waals surface area contributed by atoms with Crippen molar-refractivity contribution in [2.75, 3.05) is 53.2 Å². The first-order valence-corrected chi connectivity index (χ1v) is 17.4. The van der Waals surface area contributed by atoms with Crippen LogP contribution in [-0.4, -0.2) is 90.6 Å². The van der Waals surface area contributed by atoms with Gasteiger partial charge in [-0.3, -0.25) is 9.59 Å². The summed E-state index contributed by atoms with van der Waals surface area (Å²) in [6, 6.07) is 22.2. The molecule has 0 radical (unpaired) electrons. The minimum Gasteiger partial charge on any atom is -0.477 e. The third-order valence-corrected chi connectivity index (χ3v) is 9.66. The van der Waals surface area contributed by atoms with Crippen molar-refractivity contribution in [2.45, 2.75) is 51.5 Å². The number of nitrogens with zero attached hydrogens (tertiary/aromatic N) is 4. The van der Waals surface area contributed by atoms with Crippen LogP contribution >= 0.6 is 0 Å². The van der Waals surface area contributed by atoms with Gasteiger partial charge in [-0.25, -0.2) is 9.67 Å². The Labute approximate surface area is 288 Å². The molecule has 1 N–H and O–H groups in total. The van der Waals surface area contributed by atoms with Crippen molar-refractivity contribution < 1.29 is 23.8 Å². The molecular formula is C39H47N5O5. The van der Waals surface area contributed by atoms with Crippen molar-refractivity contribution >= 4 is 11.7 Å². The minimum absolute atomic E-state index is 0.0319. The number of methoxy groups -OCH3 is 1. The molecule has 2 aliphatic heterocycles. The molecule has 1 amide bonds. The van der Waals surface area contributed by atoms with Gasteiger partial charge in [0.05, 0.1) is 30.3 Å². The third-order valence-electron chi connectivity index (χ3n) is 9.66. The average Bonchev–Trinajstić information content (AvgIpc) is 3.68. The molecule has 10 nitrogen and oxygen atoms in total. The number of amides is 1. The molecule has 0 bridgehead atoms. The first-order chi connectivity index (χ1) is 23.9. The number of ether oxygens (including phenoxy) is 3. The number of hydrogen-bond donors (Lipinski definition) is 1. The van der Waals surface area contributed by atoms with E-state index in [4.69, 9.17) is 19.3 Å². The van der Waals surface area contributed by atoms with E-state index in [9.17, 15) is 9.59 Å². The summed E-state index contributed by atoms with van der Waals surface area (Å²) in [6.45, 7) is 8.77. The highest BCUT2D eigenvalue weighted by Crippen LogP contribution is 2.36. The van der Waals surface area contributed by atoms with Gasteiger partial charge in [0.1, 0.15) is 11.3 Å². The summed E-state index contributed by atoms with van der Waals surface area (Å²) in [4.78, 5) is 34.5. The number of Topliss-reactive ketones (excluding diaryl/α,β-unsaturated/α-hetero) is 1. The molecule has 258 valence electrons. The maximum Gasteiger partial charge on any atom is 0.257 e. The number of carbonyl (C=O) groups excluding carboxylic acids is 2. The van der Waals surface area contributed by atoms with E-state index in [1.54, 1.807) is 19.4 Å². The number of carbonyl (C=O) groups is 2. The first-order valence-electron chi connectivity index (χ1n) is 17.4. The SMILES string of the molecule is CCOc1ncc(-c2nn(-c3ccccc3)c(CC(=O)C[C@@H]3CN(CCOC)C[C@H]3c3ccccc3)c2C)cc1C(=O)NC1CCOCC1. The van der Waals surface area contributed by atoms with Crippen LogP contribution in [0, 0.1) is 12.8 Å². The van der Waals surface area contributed by atoms with Crippen LogP contribution in [0.2, 0.25) is 0 Å². The molecule has 6 rings (SSSR count). The van der Waals surface area contributed by atoms with E-state index in [-0.39, 0.29) is 41.9 Å². The zero-order chi connectivity index (χ0) is 34.2. The molecule has 2 saturated heterocycles. The number of aromatic nitrogens is 3. The Balaban J connectivity index is 1.29. The zero-order valence-electron chi connectivity index (χ0n) is 28.8. The molecule has 4 aromatic rings. The van der Waals surface area contributed by atoms with Crippen molar-refractivity contribution in [3.63, 3.8) is 0 Å². The van der Waals surface area contributed by atoms with Crippen LogP contribution in [0.25, 0.3) is 16.9 Å². The van der Waals surface area contributed by atoms with Crippen LogP contribution in [0.3, 0.4) is 0 Å². The molecule has 2 aromatic heterocycles. The van der Waals surface area contributed by atoms with Gasteiger partial charge in [0, 0.05) is 76.5 Å². The number of benzene rings is 2. The number of rotatable bonds is 14. The van der Waals surface area contributed by atoms with E-state index >= 15 is 0 Å². The predicted molar refractivity (Wildman–Crippen MR) is 188 cm³/mol. The van der Waals surface area contributed by atoms with Gasteiger partial charge >= 0.3 is 0 Å². The van der Waals surface area contributed by atoms with E-state index in [1.807, 2.05) is 54.9 Å². The highest BCUT2D eigenvalue weighted by atomic mass is 16.5. The molecule has 2 aliphatic rings. The molecule has 10 heteroatoms. The van der Waals surface area contributed by atoms with Crippen LogP contribution in [0.1, 0.15) is 59.3 Å². The second kappa shape index (κ2) is 16.3. The summed E-state index contributed by atoms with van der Waals surface area (Å²) in [5.41, 5.74) is 5.58. The molecule has 0 unspecified atom stereocenters. The van der Waals surface area contributed by atoms with E-state index in [0.717, 1.165) is 49.4 Å². The summed E-state index contributed by atoms with van der Waals surface area (Å²) < 4.78 is 18.5. The van der Waals surface area contributed by atoms with Crippen molar-refractivity contribution in [2.24, 2.45) is 5.92 Å². The molecule has 2 atom stereocenters. The monoisotopic (exact) mass is 665 g/mol. The van der Waals surface area contributed by atoms with Gasteiger partial charge in [0.25, 0.3) is 5.91 Å². The number of ketones is 1. The molecule has 49 heavy (non-hydrogen) atoms. The van der Waals surface area contributed by atoms with Gasteiger partial charge in [0.15, 0.2) is 0 Å². The Morgan fingerprint density at radius 3 is 2.47 bits per heavy atom. The molecule has 2 aromatic carbocycles. The lowest BCUT2D eigenvalue weighted by atomic mass is 9.85. The summed E-state index contributed by atoms with van der Waals surface area (Å²) >= 11 is 0. The minimum atomic E-state index is -0.232. The number of nitrogens with one attached hydrogen (secondary N) is 1. The van der Waals surface area contributed by atoms with Gasteiger partial charge in [0.2, 0.25) is 5.88 Å². The van der Waals surface area contributed by atoms with E-state index in [2.05, 4.69) is 39.5 Å². The first kappa shape index (κ1) is 34.5. The molecule has 4 heterocycles. The van der Waals surface area contributed by atoms with E-state index in [1.165, 1.54) is 5.56 Å². The van der Waals surface area contributed by atoms with Gasteiger partial charge in [-0.15, -0.1) is 0 Å². The normalized spacial score (nSPS) is 18.4. The Kier molecular flexibility index (Phi) is 11.5. The van der Waals surface area contributed by atoms with E-state index < -0.39 is 0 Å². The van der Waals surface area contributed by atoms with Crippen LogP contribution in [-0.2, 0) is 20.7 Å². The number of likely N-dealkylation sites (tertiary alicyclic amines) is 1. The maximum atomic E-state index is 14.0. The number of pyridine rings is 1. The summed E-state index contributed by atoms with van der Waals surface area (Å²) in [6.07, 6.45) is 3.94. The second-order valence-corrected chi connectivity index (χ2v) is 13.0. The standard InChI is InChI=1S/C39H47N5O5/c1-4-49-39-34(38(46)41-31-15-18-48-19-16-31)22-29(24-40-39)37-27(2)36(44(42-37)32-13-9-6-10-14-32)23-33(45)21-30-25-43(17-20-47-3)26-35(30)28-11-7-5-8-12-28/h5-14,22,24,30-31,35H,4,15-21,23,25-26H2,1-3H3,(H,41,46)/t30-,35+/m1/s1. The highest BCUT2D eigenvalue weighted by molar-refractivity contribution is 5.97. The Bertz CT molecular complexity index is 1700. The molecule has 0 spiro atoms. The van der Waals surface area contributed by atoms with Crippen LogP contribution < -0.4 is 10.1 Å². The fourth-order valence-electron chi connectivity index (χ4n) is 7.10. The molecule has 0 saturated carbocycles. The lowest BCUT2D eigenvalue weighted by molar-refractivity contribution is -0.119. The number of para-hydroxylation sites is 1. The fourth-order valence-corrected chi connectivity index (χ4v) is 7.10. The van der Waals surface area contributed by atoms with Crippen LogP contribution in [0.4, 0.5) is 0 Å². The van der Waals surface area contributed by atoms with Crippen molar-refractivity contribution in [1.82, 2.24) is 25.0 Å². The van der Waals surface area contributed by atoms with Crippen molar-refractivity contribution in [3.8, 4) is 22.8 Å². The highest BCUT2D eigenvalue weighted by Gasteiger charge is 2.35. The van der Waals surface area contributed by atoms with Crippen LogP contribution in [0.5, 0.6) is 5.88 Å². The van der Waals surface area contributed by atoms with Gasteiger partial charge in [-0.1, -0.05) is 48.5 Å². The molecule has 0 aliphatic carbocycles. The zero-order valence-corrected chi connectivity index (χ0v) is 28.8. The van der Waals surface area contributed by atoms with Gasteiger partial charge in [-0.2, -0.15) is 5.10 Å². The van der Waals surface area contributed by atoms with Crippen molar-refractivity contribution in [3.05, 3.63) is 95.3 Å².